The zero-order valence-corrected chi connectivity index (χ0v) is 11.1. The number of hydrogen-bond donors (Lipinski definition) is 2. The van der Waals surface area contributed by atoms with Gasteiger partial charge < -0.3 is 10.4 Å². The van der Waals surface area contributed by atoms with E-state index < -0.39 is 11.9 Å². The number of carboxylic acids is 1. The first-order valence-electron chi connectivity index (χ1n) is 6.03. The van der Waals surface area contributed by atoms with Crippen LogP contribution in [0.1, 0.15) is 32.1 Å². The number of nitrogens with zero attached hydrogens (tertiary/aromatic N) is 2. The van der Waals surface area contributed by atoms with Gasteiger partial charge >= 0.3 is 5.97 Å². The van der Waals surface area contributed by atoms with Crippen LogP contribution in [0.15, 0.2) is 36.4 Å². The molecule has 2 aromatic rings. The van der Waals surface area contributed by atoms with Crippen LogP contribution < -0.4 is 5.32 Å². The number of anilines is 1. The fourth-order valence-corrected chi connectivity index (χ4v) is 1.73. The number of carboxylic acid groups (broad SMARTS) is 1. The summed E-state index contributed by atoms with van der Waals surface area (Å²) >= 11 is 0. The van der Waals surface area contributed by atoms with Crippen LogP contribution in [-0.2, 0) is 0 Å². The highest BCUT2D eigenvalue weighted by Crippen LogP contribution is 2.13. The maximum Gasteiger partial charge on any atom is 0.335 e. The number of aromatic nitrogens is 1. The molecule has 2 rings (SSSR count). The predicted octanol–water partition coefficient (Wildman–Crippen LogP) is 2.21. The van der Waals surface area contributed by atoms with Crippen LogP contribution in [0.3, 0.4) is 0 Å². The summed E-state index contributed by atoms with van der Waals surface area (Å²) in [4.78, 5) is 27.0. The average Bonchev–Trinajstić information content (AvgIpc) is 2.47. The molecule has 0 fully saturated rings. The Morgan fingerprint density at radius 2 is 2.05 bits per heavy atom. The van der Waals surface area contributed by atoms with E-state index in [-0.39, 0.29) is 11.3 Å². The summed E-state index contributed by atoms with van der Waals surface area (Å²) in [6.45, 7) is 1.64. The summed E-state index contributed by atoms with van der Waals surface area (Å²) in [5, 5.41) is 20.3. The van der Waals surface area contributed by atoms with Gasteiger partial charge in [-0.1, -0.05) is 6.07 Å². The maximum atomic E-state index is 12.0. The van der Waals surface area contributed by atoms with Crippen LogP contribution in [0.2, 0.25) is 0 Å². The lowest BCUT2D eigenvalue weighted by Gasteiger charge is -2.06. The first kappa shape index (κ1) is 14.2. The van der Waals surface area contributed by atoms with Gasteiger partial charge in [-0.3, -0.25) is 4.79 Å². The zero-order valence-electron chi connectivity index (χ0n) is 11.1. The van der Waals surface area contributed by atoms with Crippen molar-refractivity contribution in [2.75, 3.05) is 5.32 Å². The summed E-state index contributed by atoms with van der Waals surface area (Å²) in [7, 11) is 0. The van der Waals surface area contributed by atoms with Gasteiger partial charge in [0.05, 0.1) is 16.8 Å². The summed E-state index contributed by atoms with van der Waals surface area (Å²) in [6, 6.07) is 10.8. The molecule has 6 heteroatoms. The van der Waals surface area contributed by atoms with Crippen molar-refractivity contribution in [3.8, 4) is 6.07 Å². The Morgan fingerprint density at radius 1 is 1.29 bits per heavy atom. The molecule has 104 valence electrons. The Morgan fingerprint density at radius 3 is 2.67 bits per heavy atom. The Hall–Kier alpha value is -3.20. The van der Waals surface area contributed by atoms with Gasteiger partial charge in [-0.15, -0.1) is 0 Å². The zero-order chi connectivity index (χ0) is 15.4. The monoisotopic (exact) mass is 281 g/mol. The van der Waals surface area contributed by atoms with Crippen LogP contribution in [0.25, 0.3) is 0 Å². The fraction of sp³-hybridized carbons (Fsp3) is 0.0667. The van der Waals surface area contributed by atoms with Crippen molar-refractivity contribution >= 4 is 17.6 Å². The van der Waals surface area contributed by atoms with Crippen molar-refractivity contribution in [2.24, 2.45) is 0 Å². The molecule has 2 N–H and O–H groups in total. The van der Waals surface area contributed by atoms with Crippen LogP contribution in [0.4, 0.5) is 5.69 Å². The molecule has 0 bridgehead atoms. The molecule has 0 spiro atoms. The number of benzene rings is 1. The number of nitrogens with one attached hydrogen (secondary N) is 1. The number of amides is 1. The second kappa shape index (κ2) is 5.84. The smallest absolute Gasteiger partial charge is 0.335 e. The minimum atomic E-state index is -1.07. The Balaban J connectivity index is 2.22. The van der Waals surface area contributed by atoms with Gasteiger partial charge in [-0.2, -0.15) is 5.26 Å². The molecule has 1 heterocycles. The Labute approximate surface area is 120 Å². The normalized spacial score (nSPS) is 9.71. The van der Waals surface area contributed by atoms with Gasteiger partial charge in [0.2, 0.25) is 0 Å². The molecule has 0 unspecified atom stereocenters. The molecule has 0 saturated carbocycles. The quantitative estimate of drug-likeness (QED) is 0.897. The molecule has 0 aliphatic rings. The van der Waals surface area contributed by atoms with Gasteiger partial charge in [0.1, 0.15) is 11.8 Å². The summed E-state index contributed by atoms with van der Waals surface area (Å²) in [5.41, 5.74) is 1.47. The first-order valence-corrected chi connectivity index (χ1v) is 6.03. The minimum Gasteiger partial charge on any atom is -0.478 e. The second-order valence-corrected chi connectivity index (χ2v) is 4.28. The highest BCUT2D eigenvalue weighted by Gasteiger charge is 2.11. The van der Waals surface area contributed by atoms with E-state index in [1.807, 2.05) is 6.07 Å². The lowest BCUT2D eigenvalue weighted by molar-refractivity contribution is 0.0696. The Bertz CT molecular complexity index is 763. The van der Waals surface area contributed by atoms with Crippen molar-refractivity contribution in [1.29, 1.82) is 5.26 Å². The molecule has 0 aliphatic carbocycles. The van der Waals surface area contributed by atoms with E-state index in [9.17, 15) is 9.59 Å². The van der Waals surface area contributed by atoms with Gasteiger partial charge in [0.25, 0.3) is 5.91 Å². The summed E-state index contributed by atoms with van der Waals surface area (Å²) in [5.74, 6) is -1.54. The third-order valence-electron chi connectivity index (χ3n) is 2.81. The van der Waals surface area contributed by atoms with E-state index in [0.29, 0.717) is 16.9 Å². The largest absolute Gasteiger partial charge is 0.478 e. The maximum absolute atomic E-state index is 12.0. The van der Waals surface area contributed by atoms with Crippen molar-refractivity contribution in [3.63, 3.8) is 0 Å². The molecule has 1 aromatic carbocycles. The molecular weight excluding hydrogens is 270 g/mol. The lowest BCUT2D eigenvalue weighted by Crippen LogP contribution is -2.14. The van der Waals surface area contributed by atoms with Crippen molar-refractivity contribution in [2.45, 2.75) is 6.92 Å². The third kappa shape index (κ3) is 3.22. The highest BCUT2D eigenvalue weighted by molar-refractivity contribution is 6.03. The number of hydrogen-bond acceptors (Lipinski definition) is 4. The molecule has 0 atom stereocenters. The Kier molecular flexibility index (Phi) is 3.95. The first-order chi connectivity index (χ1) is 10.0. The number of pyridine rings is 1. The molecule has 6 nitrogen and oxygen atoms in total. The average molecular weight is 281 g/mol. The highest BCUT2D eigenvalue weighted by atomic mass is 16.4. The van der Waals surface area contributed by atoms with E-state index >= 15 is 0 Å². The van der Waals surface area contributed by atoms with Crippen molar-refractivity contribution in [1.82, 2.24) is 4.98 Å². The fourth-order valence-electron chi connectivity index (χ4n) is 1.73. The molecule has 1 amide bonds. The number of aryl methyl sites for hydroxylation is 1. The van der Waals surface area contributed by atoms with Crippen LogP contribution in [0, 0.1) is 18.3 Å². The molecule has 0 saturated heterocycles. The SMILES string of the molecule is Cc1nc(C(=O)Nc2cccc(C(=O)O)c2)ccc1C#N. The topological polar surface area (TPSA) is 103 Å². The van der Waals surface area contributed by atoms with Gasteiger partial charge in [-0.25, -0.2) is 9.78 Å². The molecule has 0 radical (unpaired) electrons. The summed E-state index contributed by atoms with van der Waals surface area (Å²) in [6.07, 6.45) is 0. The summed E-state index contributed by atoms with van der Waals surface area (Å²) < 4.78 is 0. The van der Waals surface area contributed by atoms with E-state index in [2.05, 4.69) is 10.3 Å². The van der Waals surface area contributed by atoms with E-state index in [1.165, 1.54) is 30.3 Å². The van der Waals surface area contributed by atoms with Gasteiger partial charge in [0.15, 0.2) is 0 Å². The van der Waals surface area contributed by atoms with Gasteiger partial charge in [-0.05, 0) is 37.3 Å². The standard InChI is InChI=1S/C15H11N3O3/c1-9-11(8-16)5-6-13(17-9)14(19)18-12-4-2-3-10(7-12)15(20)21/h2-7H,1H3,(H,18,19)(H,20,21). The van der Waals surface area contributed by atoms with E-state index in [4.69, 9.17) is 10.4 Å². The van der Waals surface area contributed by atoms with Crippen LogP contribution in [0.5, 0.6) is 0 Å². The number of nitriles is 1. The number of carbonyl (C=O) groups excluding carboxylic acids is 1. The predicted molar refractivity (Wildman–Crippen MR) is 75.0 cm³/mol. The minimum absolute atomic E-state index is 0.0803. The van der Waals surface area contributed by atoms with Gasteiger partial charge in [0, 0.05) is 5.69 Å². The molecular formula is C15H11N3O3. The number of aromatic carboxylic acids is 1. The number of rotatable bonds is 3. The van der Waals surface area contributed by atoms with E-state index in [0.717, 1.165) is 0 Å². The van der Waals surface area contributed by atoms with Crippen molar-refractivity contribution < 1.29 is 14.7 Å². The number of carbonyl (C=O) groups is 2. The molecule has 1 aromatic heterocycles. The van der Waals surface area contributed by atoms with Crippen LogP contribution in [-0.4, -0.2) is 22.0 Å². The third-order valence-corrected chi connectivity index (χ3v) is 2.81. The van der Waals surface area contributed by atoms with E-state index in [1.54, 1.807) is 13.0 Å². The molecule has 21 heavy (non-hydrogen) atoms. The lowest BCUT2D eigenvalue weighted by atomic mass is 10.2. The van der Waals surface area contributed by atoms with Crippen molar-refractivity contribution in [3.05, 3.63) is 58.9 Å². The molecule has 0 aliphatic heterocycles. The second-order valence-electron chi connectivity index (χ2n) is 4.28. The van der Waals surface area contributed by atoms with Crippen LogP contribution >= 0.6 is 0 Å².